The van der Waals surface area contributed by atoms with Crippen molar-refractivity contribution in [3.05, 3.63) is 34.9 Å². The smallest absolute Gasteiger partial charge is 0.455 e. The molecule has 0 N–H and O–H groups in total. The maximum Gasteiger partial charge on any atom is 0.508 e. The number of ether oxygens (including phenoxy) is 3. The summed E-state index contributed by atoms with van der Waals surface area (Å²) in [5.41, 5.74) is 0.365. The standard InChI is InChI=1S/C17H23ClO5/c1-3-5-10-21-17(20)22-12-15(7-4-2)23-16(19)13-8-6-9-14(18)11-13/h6,8-9,11,15H,3-5,7,10,12H2,1-2H3. The van der Waals surface area contributed by atoms with E-state index >= 15 is 0 Å². The number of halogens is 1. The van der Waals surface area contributed by atoms with Crippen molar-refractivity contribution in [1.82, 2.24) is 0 Å². The Hall–Kier alpha value is -1.75. The molecule has 23 heavy (non-hydrogen) atoms. The molecule has 1 rings (SSSR count). The van der Waals surface area contributed by atoms with Gasteiger partial charge in [-0.2, -0.15) is 0 Å². The van der Waals surface area contributed by atoms with Gasteiger partial charge in [0.25, 0.3) is 0 Å². The van der Waals surface area contributed by atoms with Gasteiger partial charge in [-0.15, -0.1) is 0 Å². The highest BCUT2D eigenvalue weighted by Crippen LogP contribution is 2.14. The summed E-state index contributed by atoms with van der Waals surface area (Å²) >= 11 is 5.86. The molecule has 0 amide bonds. The Labute approximate surface area is 141 Å². The van der Waals surface area contributed by atoms with E-state index in [1.807, 2.05) is 13.8 Å². The van der Waals surface area contributed by atoms with Gasteiger partial charge in [0.05, 0.1) is 12.2 Å². The first-order valence-electron chi connectivity index (χ1n) is 7.82. The predicted molar refractivity (Wildman–Crippen MR) is 87.8 cm³/mol. The van der Waals surface area contributed by atoms with Crippen molar-refractivity contribution in [2.75, 3.05) is 13.2 Å². The van der Waals surface area contributed by atoms with Gasteiger partial charge in [0.15, 0.2) is 0 Å². The van der Waals surface area contributed by atoms with Crippen LogP contribution in [0.3, 0.4) is 0 Å². The molecule has 1 aromatic carbocycles. The van der Waals surface area contributed by atoms with E-state index in [4.69, 9.17) is 25.8 Å². The number of rotatable bonds is 9. The Kier molecular flexibility index (Phi) is 9.14. The first-order chi connectivity index (χ1) is 11.1. The SMILES string of the molecule is CCCCOC(=O)OCC(CCC)OC(=O)c1cccc(Cl)c1. The third-order valence-corrected chi connectivity index (χ3v) is 3.28. The lowest BCUT2D eigenvalue weighted by Gasteiger charge is -2.17. The summed E-state index contributed by atoms with van der Waals surface area (Å²) in [6.07, 6.45) is 1.86. The lowest BCUT2D eigenvalue weighted by molar-refractivity contribution is -0.00926. The molecular formula is C17H23ClO5. The maximum atomic E-state index is 12.1. The van der Waals surface area contributed by atoms with E-state index in [9.17, 15) is 9.59 Å². The second-order valence-electron chi connectivity index (χ2n) is 5.09. The average Bonchev–Trinajstić information content (AvgIpc) is 2.53. The Morgan fingerprint density at radius 2 is 1.96 bits per heavy atom. The summed E-state index contributed by atoms with van der Waals surface area (Å²) in [6, 6.07) is 6.51. The third kappa shape index (κ3) is 7.88. The minimum atomic E-state index is -0.738. The number of benzene rings is 1. The molecule has 128 valence electrons. The molecule has 0 spiro atoms. The topological polar surface area (TPSA) is 61.8 Å². The molecule has 5 nitrogen and oxygen atoms in total. The molecule has 0 radical (unpaired) electrons. The molecule has 0 aliphatic carbocycles. The van der Waals surface area contributed by atoms with Gasteiger partial charge in [0, 0.05) is 5.02 Å². The van der Waals surface area contributed by atoms with Crippen molar-refractivity contribution in [2.24, 2.45) is 0 Å². The van der Waals surface area contributed by atoms with Crippen LogP contribution in [-0.2, 0) is 14.2 Å². The van der Waals surface area contributed by atoms with E-state index in [-0.39, 0.29) is 6.61 Å². The highest BCUT2D eigenvalue weighted by atomic mass is 35.5. The van der Waals surface area contributed by atoms with E-state index in [2.05, 4.69) is 0 Å². The van der Waals surface area contributed by atoms with Crippen LogP contribution in [0.25, 0.3) is 0 Å². The molecule has 0 aromatic heterocycles. The van der Waals surface area contributed by atoms with Crippen molar-refractivity contribution in [3.8, 4) is 0 Å². The fraction of sp³-hybridized carbons (Fsp3) is 0.529. The molecule has 0 bridgehead atoms. The zero-order valence-corrected chi connectivity index (χ0v) is 14.3. The van der Waals surface area contributed by atoms with Gasteiger partial charge < -0.3 is 14.2 Å². The summed E-state index contributed by atoms with van der Waals surface area (Å²) in [5.74, 6) is -0.492. The predicted octanol–water partition coefficient (Wildman–Crippen LogP) is 4.62. The van der Waals surface area contributed by atoms with Crippen molar-refractivity contribution in [2.45, 2.75) is 45.6 Å². The van der Waals surface area contributed by atoms with Gasteiger partial charge in [-0.25, -0.2) is 9.59 Å². The molecule has 0 saturated heterocycles. The minimum absolute atomic E-state index is 0.0227. The van der Waals surface area contributed by atoms with Crippen LogP contribution >= 0.6 is 11.6 Å². The fourth-order valence-electron chi connectivity index (χ4n) is 1.84. The van der Waals surface area contributed by atoms with Gasteiger partial charge in [-0.1, -0.05) is 44.4 Å². The quantitative estimate of drug-likeness (QED) is 0.484. The molecule has 0 aliphatic rings. The highest BCUT2D eigenvalue weighted by molar-refractivity contribution is 6.30. The molecule has 1 aromatic rings. The number of hydrogen-bond acceptors (Lipinski definition) is 5. The van der Waals surface area contributed by atoms with Crippen LogP contribution in [0.5, 0.6) is 0 Å². The van der Waals surface area contributed by atoms with Gasteiger partial charge in [0.1, 0.15) is 12.7 Å². The monoisotopic (exact) mass is 342 g/mol. The van der Waals surface area contributed by atoms with Gasteiger partial charge in [-0.3, -0.25) is 0 Å². The molecule has 0 heterocycles. The summed E-state index contributed by atoms with van der Waals surface area (Å²) in [7, 11) is 0. The van der Waals surface area contributed by atoms with Gasteiger partial charge >= 0.3 is 12.1 Å². The van der Waals surface area contributed by atoms with E-state index < -0.39 is 18.2 Å². The summed E-state index contributed by atoms with van der Waals surface area (Å²) in [4.78, 5) is 23.5. The van der Waals surface area contributed by atoms with Gasteiger partial charge in [-0.05, 0) is 31.0 Å². The van der Waals surface area contributed by atoms with Crippen LogP contribution in [0.4, 0.5) is 4.79 Å². The highest BCUT2D eigenvalue weighted by Gasteiger charge is 2.18. The molecule has 1 atom stereocenters. The molecule has 0 aliphatic heterocycles. The Balaban J connectivity index is 2.48. The van der Waals surface area contributed by atoms with E-state index in [1.165, 1.54) is 6.07 Å². The zero-order chi connectivity index (χ0) is 17.1. The van der Waals surface area contributed by atoms with Crippen molar-refractivity contribution in [1.29, 1.82) is 0 Å². The number of unbranched alkanes of at least 4 members (excludes halogenated alkanes) is 1. The molecule has 0 saturated carbocycles. The van der Waals surface area contributed by atoms with Crippen LogP contribution in [0.2, 0.25) is 5.02 Å². The Bertz CT molecular complexity index is 504. The van der Waals surface area contributed by atoms with Gasteiger partial charge in [0.2, 0.25) is 0 Å². The summed E-state index contributed by atoms with van der Waals surface area (Å²) in [6.45, 7) is 4.27. The van der Waals surface area contributed by atoms with Crippen LogP contribution in [-0.4, -0.2) is 31.4 Å². The number of hydrogen-bond donors (Lipinski definition) is 0. The first-order valence-corrected chi connectivity index (χ1v) is 8.20. The van der Waals surface area contributed by atoms with E-state index in [0.29, 0.717) is 23.6 Å². The zero-order valence-electron chi connectivity index (χ0n) is 13.5. The second kappa shape index (κ2) is 10.9. The summed E-state index contributed by atoms with van der Waals surface area (Å²) in [5, 5.41) is 0.460. The van der Waals surface area contributed by atoms with Crippen molar-refractivity contribution in [3.63, 3.8) is 0 Å². The largest absolute Gasteiger partial charge is 0.508 e. The first kappa shape index (κ1) is 19.3. The van der Waals surface area contributed by atoms with Crippen LogP contribution < -0.4 is 0 Å². The van der Waals surface area contributed by atoms with Crippen LogP contribution in [0.1, 0.15) is 49.9 Å². The molecule has 6 heteroatoms. The number of carbonyl (C=O) groups is 2. The maximum absolute atomic E-state index is 12.1. The van der Waals surface area contributed by atoms with Crippen molar-refractivity contribution >= 4 is 23.7 Å². The van der Waals surface area contributed by atoms with Crippen LogP contribution in [0, 0.1) is 0 Å². The molecule has 1 unspecified atom stereocenters. The minimum Gasteiger partial charge on any atom is -0.455 e. The Morgan fingerprint density at radius 3 is 2.61 bits per heavy atom. The Morgan fingerprint density at radius 1 is 1.17 bits per heavy atom. The normalized spacial score (nSPS) is 11.6. The molecule has 0 fully saturated rings. The lowest BCUT2D eigenvalue weighted by Crippen LogP contribution is -2.25. The number of esters is 1. The number of carbonyl (C=O) groups excluding carboxylic acids is 2. The second-order valence-corrected chi connectivity index (χ2v) is 5.53. The van der Waals surface area contributed by atoms with Crippen molar-refractivity contribution < 1.29 is 23.8 Å². The van der Waals surface area contributed by atoms with Crippen LogP contribution in [0.15, 0.2) is 24.3 Å². The average molecular weight is 343 g/mol. The van der Waals surface area contributed by atoms with E-state index in [0.717, 1.165) is 19.3 Å². The molecular weight excluding hydrogens is 320 g/mol. The van der Waals surface area contributed by atoms with E-state index in [1.54, 1.807) is 18.2 Å². The fourth-order valence-corrected chi connectivity index (χ4v) is 2.03. The third-order valence-electron chi connectivity index (χ3n) is 3.05. The lowest BCUT2D eigenvalue weighted by atomic mass is 10.2. The summed E-state index contributed by atoms with van der Waals surface area (Å²) < 4.78 is 15.3.